The lowest BCUT2D eigenvalue weighted by Crippen LogP contribution is -2.33. The number of nitrogens with one attached hydrogen (secondary N) is 1. The number of para-hydroxylation sites is 2. The molecule has 1 aromatic carbocycles. The van der Waals surface area contributed by atoms with Gasteiger partial charge in [-0.2, -0.15) is 0 Å². The highest BCUT2D eigenvalue weighted by Gasteiger charge is 2.25. The van der Waals surface area contributed by atoms with Crippen LogP contribution in [0.3, 0.4) is 0 Å². The molecule has 2 heteroatoms. The molecular weight excluding hydrogens is 186 g/mol. The third-order valence-corrected chi connectivity index (χ3v) is 2.92. The Balaban J connectivity index is 2.00. The predicted octanol–water partition coefficient (Wildman–Crippen LogP) is 3.30. The van der Waals surface area contributed by atoms with Crippen LogP contribution in [0.4, 0.5) is 5.69 Å². The van der Waals surface area contributed by atoms with Gasteiger partial charge < -0.3 is 10.1 Å². The van der Waals surface area contributed by atoms with E-state index in [1.165, 1.54) is 12.8 Å². The fraction of sp³-hybridized carbons (Fsp3) is 0.538. The van der Waals surface area contributed by atoms with E-state index in [2.05, 4.69) is 18.3 Å². The summed E-state index contributed by atoms with van der Waals surface area (Å²) in [7, 11) is 0. The fourth-order valence-corrected chi connectivity index (χ4v) is 2.11. The summed E-state index contributed by atoms with van der Waals surface area (Å²) in [5.74, 6) is 1.85. The van der Waals surface area contributed by atoms with E-state index in [9.17, 15) is 0 Å². The highest BCUT2D eigenvalue weighted by Crippen LogP contribution is 2.32. The molecule has 0 saturated heterocycles. The first-order chi connectivity index (χ1) is 7.29. The van der Waals surface area contributed by atoms with Crippen LogP contribution >= 0.6 is 0 Å². The standard InChI is InChI=1S/C13H19NO/c1-3-15-13-7-5-4-6-12(13)14-11-8-10(2)9-11/h4-7,10-11,14H,3,8-9H2,1-2H3. The largest absolute Gasteiger partial charge is 0.492 e. The van der Waals surface area contributed by atoms with Crippen LogP contribution in [0.15, 0.2) is 24.3 Å². The minimum atomic E-state index is 0.640. The number of hydrogen-bond acceptors (Lipinski definition) is 2. The van der Waals surface area contributed by atoms with Crippen LogP contribution in [-0.2, 0) is 0 Å². The smallest absolute Gasteiger partial charge is 0.142 e. The van der Waals surface area contributed by atoms with Gasteiger partial charge in [0.15, 0.2) is 0 Å². The summed E-state index contributed by atoms with van der Waals surface area (Å²) in [5.41, 5.74) is 1.14. The Kier molecular flexibility index (Phi) is 3.14. The first-order valence-corrected chi connectivity index (χ1v) is 5.78. The van der Waals surface area contributed by atoms with E-state index in [0.717, 1.165) is 24.0 Å². The second-order valence-corrected chi connectivity index (χ2v) is 4.35. The molecule has 1 aliphatic carbocycles. The molecule has 1 fully saturated rings. The van der Waals surface area contributed by atoms with Crippen LogP contribution < -0.4 is 10.1 Å². The molecule has 1 aliphatic rings. The normalized spacial score (nSPS) is 24.4. The van der Waals surface area contributed by atoms with Crippen molar-refractivity contribution in [3.63, 3.8) is 0 Å². The van der Waals surface area contributed by atoms with Gasteiger partial charge in [-0.05, 0) is 37.8 Å². The van der Waals surface area contributed by atoms with E-state index < -0.39 is 0 Å². The molecule has 15 heavy (non-hydrogen) atoms. The molecule has 2 nitrogen and oxygen atoms in total. The van der Waals surface area contributed by atoms with E-state index >= 15 is 0 Å². The molecule has 1 aromatic rings. The van der Waals surface area contributed by atoms with Gasteiger partial charge >= 0.3 is 0 Å². The van der Waals surface area contributed by atoms with Crippen molar-refractivity contribution < 1.29 is 4.74 Å². The lowest BCUT2D eigenvalue weighted by atomic mass is 9.82. The Morgan fingerprint density at radius 1 is 1.33 bits per heavy atom. The van der Waals surface area contributed by atoms with Crippen molar-refractivity contribution in [1.29, 1.82) is 0 Å². The minimum Gasteiger partial charge on any atom is -0.492 e. The monoisotopic (exact) mass is 205 g/mol. The van der Waals surface area contributed by atoms with E-state index in [1.807, 2.05) is 25.1 Å². The van der Waals surface area contributed by atoms with Gasteiger partial charge in [-0.25, -0.2) is 0 Å². The van der Waals surface area contributed by atoms with Crippen LogP contribution in [0.2, 0.25) is 0 Å². The van der Waals surface area contributed by atoms with E-state index in [4.69, 9.17) is 4.74 Å². The van der Waals surface area contributed by atoms with Gasteiger partial charge in [0.2, 0.25) is 0 Å². The first kappa shape index (κ1) is 10.3. The number of ether oxygens (including phenoxy) is 1. The van der Waals surface area contributed by atoms with Gasteiger partial charge in [0.1, 0.15) is 5.75 Å². The summed E-state index contributed by atoms with van der Waals surface area (Å²) in [5, 5.41) is 3.54. The Morgan fingerprint density at radius 2 is 2.07 bits per heavy atom. The van der Waals surface area contributed by atoms with Crippen molar-refractivity contribution >= 4 is 5.69 Å². The van der Waals surface area contributed by atoms with Crippen LogP contribution in [0.1, 0.15) is 26.7 Å². The van der Waals surface area contributed by atoms with Gasteiger partial charge in [0.25, 0.3) is 0 Å². The average molecular weight is 205 g/mol. The molecule has 0 heterocycles. The SMILES string of the molecule is CCOc1ccccc1NC1CC(C)C1. The van der Waals surface area contributed by atoms with E-state index in [-0.39, 0.29) is 0 Å². The van der Waals surface area contributed by atoms with Crippen molar-refractivity contribution in [2.24, 2.45) is 5.92 Å². The predicted molar refractivity (Wildman–Crippen MR) is 63.4 cm³/mol. The van der Waals surface area contributed by atoms with Gasteiger partial charge in [-0.1, -0.05) is 19.1 Å². The molecular formula is C13H19NO. The van der Waals surface area contributed by atoms with E-state index in [0.29, 0.717) is 6.04 Å². The number of benzene rings is 1. The van der Waals surface area contributed by atoms with Crippen molar-refractivity contribution in [3.05, 3.63) is 24.3 Å². The Labute approximate surface area is 91.6 Å². The van der Waals surface area contributed by atoms with Crippen LogP contribution in [0, 0.1) is 5.92 Å². The zero-order valence-corrected chi connectivity index (χ0v) is 9.49. The average Bonchev–Trinajstić information content (AvgIpc) is 2.19. The van der Waals surface area contributed by atoms with Crippen molar-refractivity contribution in [2.45, 2.75) is 32.7 Å². The summed E-state index contributed by atoms with van der Waals surface area (Å²) in [4.78, 5) is 0. The van der Waals surface area contributed by atoms with Gasteiger partial charge in [0, 0.05) is 6.04 Å². The van der Waals surface area contributed by atoms with Crippen LogP contribution in [0.5, 0.6) is 5.75 Å². The Hall–Kier alpha value is -1.18. The Bertz CT molecular complexity index is 318. The minimum absolute atomic E-state index is 0.640. The second kappa shape index (κ2) is 4.56. The lowest BCUT2D eigenvalue weighted by Gasteiger charge is -2.34. The summed E-state index contributed by atoms with van der Waals surface area (Å²) in [6.45, 7) is 5.04. The molecule has 0 atom stereocenters. The Morgan fingerprint density at radius 3 is 2.73 bits per heavy atom. The summed E-state index contributed by atoms with van der Waals surface area (Å²) in [6.07, 6.45) is 2.56. The van der Waals surface area contributed by atoms with E-state index in [1.54, 1.807) is 0 Å². The van der Waals surface area contributed by atoms with Gasteiger partial charge in [-0.3, -0.25) is 0 Å². The number of anilines is 1. The number of rotatable bonds is 4. The molecule has 0 aliphatic heterocycles. The summed E-state index contributed by atoms with van der Waals surface area (Å²) in [6, 6.07) is 8.82. The second-order valence-electron chi connectivity index (χ2n) is 4.35. The molecule has 0 radical (unpaired) electrons. The molecule has 0 spiro atoms. The highest BCUT2D eigenvalue weighted by molar-refractivity contribution is 5.57. The molecule has 0 bridgehead atoms. The maximum Gasteiger partial charge on any atom is 0.142 e. The molecule has 1 N–H and O–H groups in total. The first-order valence-electron chi connectivity index (χ1n) is 5.78. The maximum absolute atomic E-state index is 5.57. The van der Waals surface area contributed by atoms with Gasteiger partial charge in [-0.15, -0.1) is 0 Å². The van der Waals surface area contributed by atoms with Crippen molar-refractivity contribution in [3.8, 4) is 5.75 Å². The summed E-state index contributed by atoms with van der Waals surface area (Å²) >= 11 is 0. The molecule has 2 rings (SSSR count). The molecule has 0 amide bonds. The molecule has 0 aromatic heterocycles. The molecule has 0 unspecified atom stereocenters. The quantitative estimate of drug-likeness (QED) is 0.814. The topological polar surface area (TPSA) is 21.3 Å². The van der Waals surface area contributed by atoms with Gasteiger partial charge in [0.05, 0.1) is 12.3 Å². The van der Waals surface area contributed by atoms with Crippen molar-refractivity contribution in [1.82, 2.24) is 0 Å². The molecule has 82 valence electrons. The zero-order chi connectivity index (χ0) is 10.7. The number of hydrogen-bond donors (Lipinski definition) is 1. The third-order valence-electron chi connectivity index (χ3n) is 2.92. The van der Waals surface area contributed by atoms with Crippen LogP contribution in [0.25, 0.3) is 0 Å². The maximum atomic E-state index is 5.57. The molecule has 1 saturated carbocycles. The zero-order valence-electron chi connectivity index (χ0n) is 9.49. The lowest BCUT2D eigenvalue weighted by molar-refractivity contribution is 0.305. The third kappa shape index (κ3) is 2.44. The fourth-order valence-electron chi connectivity index (χ4n) is 2.11. The highest BCUT2D eigenvalue weighted by atomic mass is 16.5. The summed E-state index contributed by atoms with van der Waals surface area (Å²) < 4.78 is 5.57. The van der Waals surface area contributed by atoms with Crippen LogP contribution in [-0.4, -0.2) is 12.6 Å². The van der Waals surface area contributed by atoms with Crippen molar-refractivity contribution in [2.75, 3.05) is 11.9 Å².